The number of hydrogen-bond acceptors (Lipinski definition) is 2. The maximum atomic E-state index is 11.7. The molecule has 0 spiro atoms. The molecule has 1 aromatic rings. The highest BCUT2D eigenvalue weighted by Crippen LogP contribution is 2.22. The van der Waals surface area contributed by atoms with E-state index in [1.165, 1.54) is 5.56 Å². The maximum Gasteiger partial charge on any atom is 0.172 e. The second-order valence-electron chi connectivity index (χ2n) is 5.12. The number of benzene rings is 1. The van der Waals surface area contributed by atoms with Crippen LogP contribution in [-0.2, 0) is 10.2 Å². The Morgan fingerprint density at radius 1 is 1.19 bits per heavy atom. The van der Waals surface area contributed by atoms with Gasteiger partial charge in [-0.15, -0.1) is 0 Å². The van der Waals surface area contributed by atoms with Gasteiger partial charge >= 0.3 is 0 Å². The van der Waals surface area contributed by atoms with Gasteiger partial charge in [-0.3, -0.25) is 4.79 Å². The molecule has 1 aromatic carbocycles. The first kappa shape index (κ1) is 12.6. The Bertz CT molecular complexity index is 382. The molecule has 0 aliphatic heterocycles. The second-order valence-corrected chi connectivity index (χ2v) is 5.12. The van der Waals surface area contributed by atoms with Crippen molar-refractivity contribution < 1.29 is 9.59 Å². The van der Waals surface area contributed by atoms with Crippen LogP contribution in [0.2, 0.25) is 0 Å². The molecular formula is C14H18O2. The van der Waals surface area contributed by atoms with E-state index in [0.29, 0.717) is 11.8 Å². The summed E-state index contributed by atoms with van der Waals surface area (Å²) >= 11 is 0. The van der Waals surface area contributed by atoms with Crippen LogP contribution >= 0.6 is 0 Å². The van der Waals surface area contributed by atoms with E-state index in [-0.39, 0.29) is 11.2 Å². The molecule has 0 saturated heterocycles. The third-order valence-corrected chi connectivity index (χ3v) is 2.65. The van der Waals surface area contributed by atoms with Crippen LogP contribution in [0.3, 0.4) is 0 Å². The summed E-state index contributed by atoms with van der Waals surface area (Å²) in [7, 11) is 0. The van der Waals surface area contributed by atoms with Crippen molar-refractivity contribution in [3.63, 3.8) is 0 Å². The predicted octanol–water partition coefficient (Wildman–Crippen LogP) is 3.00. The van der Waals surface area contributed by atoms with E-state index in [1.54, 1.807) is 19.1 Å². The SMILES string of the molecule is CC(C=O)C(=O)c1ccc(C(C)(C)C)cc1. The molecule has 0 fully saturated rings. The van der Waals surface area contributed by atoms with Crippen molar-refractivity contribution in [2.75, 3.05) is 0 Å². The van der Waals surface area contributed by atoms with Crippen LogP contribution in [0.15, 0.2) is 24.3 Å². The second kappa shape index (κ2) is 4.60. The third kappa shape index (κ3) is 2.78. The van der Waals surface area contributed by atoms with Crippen LogP contribution in [0.5, 0.6) is 0 Å². The zero-order valence-corrected chi connectivity index (χ0v) is 10.3. The predicted molar refractivity (Wildman–Crippen MR) is 64.7 cm³/mol. The lowest BCUT2D eigenvalue weighted by Crippen LogP contribution is -2.14. The van der Waals surface area contributed by atoms with Gasteiger partial charge in [0.05, 0.1) is 5.92 Å². The molecule has 0 aliphatic carbocycles. The summed E-state index contributed by atoms with van der Waals surface area (Å²) in [4.78, 5) is 22.2. The minimum atomic E-state index is -0.555. The average molecular weight is 218 g/mol. The van der Waals surface area contributed by atoms with Gasteiger partial charge in [0.15, 0.2) is 5.78 Å². The highest BCUT2D eigenvalue weighted by Gasteiger charge is 2.16. The molecule has 0 radical (unpaired) electrons. The van der Waals surface area contributed by atoms with E-state index in [4.69, 9.17) is 0 Å². The lowest BCUT2D eigenvalue weighted by molar-refractivity contribution is -0.109. The molecule has 1 rings (SSSR count). The van der Waals surface area contributed by atoms with Crippen LogP contribution in [0.25, 0.3) is 0 Å². The summed E-state index contributed by atoms with van der Waals surface area (Å²) in [5, 5.41) is 0. The molecule has 1 unspecified atom stereocenters. The Morgan fingerprint density at radius 2 is 1.69 bits per heavy atom. The normalized spacial score (nSPS) is 13.2. The van der Waals surface area contributed by atoms with Gasteiger partial charge in [0.1, 0.15) is 6.29 Å². The van der Waals surface area contributed by atoms with Gasteiger partial charge in [-0.25, -0.2) is 0 Å². The molecule has 2 nitrogen and oxygen atoms in total. The smallest absolute Gasteiger partial charge is 0.172 e. The van der Waals surface area contributed by atoms with Gasteiger partial charge in [0.2, 0.25) is 0 Å². The van der Waals surface area contributed by atoms with E-state index in [1.807, 2.05) is 12.1 Å². The topological polar surface area (TPSA) is 34.1 Å². The van der Waals surface area contributed by atoms with Gasteiger partial charge < -0.3 is 4.79 Å². The summed E-state index contributed by atoms with van der Waals surface area (Å²) < 4.78 is 0. The Morgan fingerprint density at radius 3 is 2.06 bits per heavy atom. The maximum absolute atomic E-state index is 11.7. The number of carbonyl (C=O) groups excluding carboxylic acids is 2. The minimum Gasteiger partial charge on any atom is -0.303 e. The summed E-state index contributed by atoms with van der Waals surface area (Å²) in [6.45, 7) is 7.99. The molecule has 0 N–H and O–H groups in total. The van der Waals surface area contributed by atoms with Crippen molar-refractivity contribution in [3.8, 4) is 0 Å². The molecule has 86 valence electrons. The largest absolute Gasteiger partial charge is 0.303 e. The molecule has 0 amide bonds. The first-order valence-electron chi connectivity index (χ1n) is 5.46. The van der Waals surface area contributed by atoms with E-state index >= 15 is 0 Å². The molecule has 0 aliphatic rings. The minimum absolute atomic E-state index is 0.0812. The fourth-order valence-electron chi connectivity index (χ4n) is 1.46. The number of Topliss-reactive ketones (excluding diaryl/α,β-unsaturated/α-hetero) is 1. The highest BCUT2D eigenvalue weighted by atomic mass is 16.1. The highest BCUT2D eigenvalue weighted by molar-refractivity contribution is 6.04. The van der Waals surface area contributed by atoms with Crippen molar-refractivity contribution >= 4 is 12.1 Å². The Balaban J connectivity index is 2.96. The Kier molecular flexibility index (Phi) is 3.63. The number of aldehydes is 1. The molecule has 16 heavy (non-hydrogen) atoms. The fourth-order valence-corrected chi connectivity index (χ4v) is 1.46. The first-order valence-corrected chi connectivity index (χ1v) is 5.46. The average Bonchev–Trinajstić information content (AvgIpc) is 2.26. The van der Waals surface area contributed by atoms with Crippen LogP contribution in [0, 0.1) is 5.92 Å². The van der Waals surface area contributed by atoms with E-state index in [2.05, 4.69) is 20.8 Å². The fraction of sp³-hybridized carbons (Fsp3) is 0.429. The van der Waals surface area contributed by atoms with Gasteiger partial charge in [0.25, 0.3) is 0 Å². The molecule has 0 heterocycles. The van der Waals surface area contributed by atoms with Gasteiger partial charge in [-0.05, 0) is 17.9 Å². The summed E-state index contributed by atoms with van der Waals surface area (Å²) in [6.07, 6.45) is 0.681. The number of hydrogen-bond donors (Lipinski definition) is 0. The van der Waals surface area contributed by atoms with Crippen LogP contribution < -0.4 is 0 Å². The zero-order chi connectivity index (χ0) is 12.3. The summed E-state index contributed by atoms with van der Waals surface area (Å²) in [6, 6.07) is 7.49. The van der Waals surface area contributed by atoms with Crippen molar-refractivity contribution in [3.05, 3.63) is 35.4 Å². The zero-order valence-electron chi connectivity index (χ0n) is 10.3. The summed E-state index contributed by atoms with van der Waals surface area (Å²) in [5.74, 6) is -0.670. The lowest BCUT2D eigenvalue weighted by Gasteiger charge is -2.19. The number of carbonyl (C=O) groups is 2. The molecule has 2 heteroatoms. The number of ketones is 1. The van der Waals surface area contributed by atoms with Crippen molar-refractivity contribution in [2.24, 2.45) is 5.92 Å². The standard InChI is InChI=1S/C14H18O2/c1-10(9-15)13(16)11-5-7-12(8-6-11)14(2,3)4/h5-10H,1-4H3. The molecule has 0 saturated carbocycles. The first-order chi connectivity index (χ1) is 7.36. The van der Waals surface area contributed by atoms with E-state index < -0.39 is 5.92 Å². The van der Waals surface area contributed by atoms with Gasteiger partial charge in [-0.1, -0.05) is 45.0 Å². The molecular weight excluding hydrogens is 200 g/mol. The van der Waals surface area contributed by atoms with Crippen molar-refractivity contribution in [1.82, 2.24) is 0 Å². The molecule has 0 bridgehead atoms. The van der Waals surface area contributed by atoms with Crippen LogP contribution in [0.1, 0.15) is 43.6 Å². The van der Waals surface area contributed by atoms with Crippen molar-refractivity contribution in [1.29, 1.82) is 0 Å². The lowest BCUT2D eigenvalue weighted by atomic mass is 9.86. The van der Waals surface area contributed by atoms with Crippen molar-refractivity contribution in [2.45, 2.75) is 33.1 Å². The number of rotatable bonds is 3. The monoisotopic (exact) mass is 218 g/mol. The van der Waals surface area contributed by atoms with Crippen LogP contribution in [0.4, 0.5) is 0 Å². The van der Waals surface area contributed by atoms with Gasteiger partial charge in [0, 0.05) is 5.56 Å². The van der Waals surface area contributed by atoms with E-state index in [9.17, 15) is 9.59 Å². The quantitative estimate of drug-likeness (QED) is 0.444. The molecule has 1 atom stereocenters. The Labute approximate surface area is 96.7 Å². The summed E-state index contributed by atoms with van der Waals surface area (Å²) in [5.41, 5.74) is 1.87. The van der Waals surface area contributed by atoms with Gasteiger partial charge in [-0.2, -0.15) is 0 Å². The van der Waals surface area contributed by atoms with Crippen LogP contribution in [-0.4, -0.2) is 12.1 Å². The molecule has 0 aromatic heterocycles. The van der Waals surface area contributed by atoms with E-state index in [0.717, 1.165) is 0 Å². The Hall–Kier alpha value is -1.44. The third-order valence-electron chi connectivity index (χ3n) is 2.65.